The quantitative estimate of drug-likeness (QED) is 0.559. The van der Waals surface area contributed by atoms with Gasteiger partial charge in [0.15, 0.2) is 0 Å². The summed E-state index contributed by atoms with van der Waals surface area (Å²) in [4.78, 5) is 12.4. The molecule has 1 heterocycles. The zero-order valence-electron chi connectivity index (χ0n) is 13.8. The van der Waals surface area contributed by atoms with E-state index in [0.29, 0.717) is 16.3 Å². The van der Waals surface area contributed by atoms with E-state index in [1.807, 2.05) is 24.3 Å². The topological polar surface area (TPSA) is 38.3 Å². The maximum absolute atomic E-state index is 12.4. The van der Waals surface area contributed by atoms with Crippen LogP contribution in [0, 0.1) is 0 Å². The van der Waals surface area contributed by atoms with Gasteiger partial charge in [0.2, 0.25) is 0 Å². The van der Waals surface area contributed by atoms with Gasteiger partial charge in [-0.05, 0) is 53.1 Å². The molecule has 4 rings (SSSR count). The Labute approximate surface area is 165 Å². The number of carbonyl (C=O) groups is 1. The van der Waals surface area contributed by atoms with Crippen LogP contribution in [0.5, 0.6) is 5.75 Å². The Morgan fingerprint density at radius 3 is 2.62 bits per heavy atom. The summed E-state index contributed by atoms with van der Waals surface area (Å²) in [6, 6.07) is 18.9. The molecule has 5 heteroatoms. The predicted octanol–water partition coefficient (Wildman–Crippen LogP) is 5.96. The smallest absolute Gasteiger partial charge is 0.257 e. The van der Waals surface area contributed by atoms with Gasteiger partial charge in [0.05, 0.1) is 17.2 Å². The Balaban J connectivity index is 1.56. The highest BCUT2D eigenvalue weighted by Crippen LogP contribution is 2.37. The van der Waals surface area contributed by atoms with Crippen LogP contribution < -0.4 is 10.1 Å². The number of halogens is 2. The Bertz CT molecular complexity index is 986. The van der Waals surface area contributed by atoms with Gasteiger partial charge in [-0.1, -0.05) is 51.8 Å². The minimum absolute atomic E-state index is 0.226. The molecule has 0 aromatic heterocycles. The van der Waals surface area contributed by atoms with Gasteiger partial charge in [0.25, 0.3) is 5.91 Å². The van der Waals surface area contributed by atoms with Gasteiger partial charge in [-0.3, -0.25) is 4.79 Å². The summed E-state index contributed by atoms with van der Waals surface area (Å²) in [6.07, 6.45) is 0.946. The Hall–Kier alpha value is -2.30. The number of anilines is 1. The third-order valence-corrected chi connectivity index (χ3v) is 5.34. The number of hydrogen-bond donors (Lipinski definition) is 1. The van der Waals surface area contributed by atoms with Gasteiger partial charge in [-0.25, -0.2) is 0 Å². The number of ether oxygens (including phenoxy) is 1. The van der Waals surface area contributed by atoms with E-state index in [-0.39, 0.29) is 5.91 Å². The highest BCUT2D eigenvalue weighted by molar-refractivity contribution is 9.10. The van der Waals surface area contributed by atoms with Crippen LogP contribution in [0.15, 0.2) is 65.1 Å². The van der Waals surface area contributed by atoms with E-state index in [1.165, 1.54) is 5.56 Å². The summed E-state index contributed by atoms with van der Waals surface area (Å²) in [6.45, 7) is 0.734. The van der Waals surface area contributed by atoms with E-state index in [2.05, 4.69) is 33.4 Å². The van der Waals surface area contributed by atoms with Gasteiger partial charge < -0.3 is 10.1 Å². The van der Waals surface area contributed by atoms with Crippen LogP contribution in [-0.4, -0.2) is 12.5 Å². The third kappa shape index (κ3) is 3.35. The Morgan fingerprint density at radius 2 is 1.85 bits per heavy atom. The Kier molecular flexibility index (Phi) is 4.70. The number of amides is 1. The van der Waals surface area contributed by atoms with Crippen molar-refractivity contribution in [3.8, 4) is 16.9 Å². The van der Waals surface area contributed by atoms with Crippen LogP contribution >= 0.6 is 27.5 Å². The molecule has 1 aliphatic heterocycles. The van der Waals surface area contributed by atoms with Crippen LogP contribution in [0.1, 0.15) is 15.9 Å². The molecule has 0 atom stereocenters. The number of nitrogens with one attached hydrogen (secondary N) is 1. The van der Waals surface area contributed by atoms with Crippen LogP contribution in [-0.2, 0) is 6.42 Å². The van der Waals surface area contributed by atoms with E-state index < -0.39 is 0 Å². The van der Waals surface area contributed by atoms with Crippen LogP contribution in [0.25, 0.3) is 11.1 Å². The first-order chi connectivity index (χ1) is 12.6. The second kappa shape index (κ2) is 7.14. The molecule has 3 nitrogen and oxygen atoms in total. The fraction of sp³-hybridized carbons (Fsp3) is 0.0952. The molecule has 0 fully saturated rings. The number of hydrogen-bond acceptors (Lipinski definition) is 2. The summed E-state index contributed by atoms with van der Waals surface area (Å²) < 4.78 is 6.70. The maximum Gasteiger partial charge on any atom is 0.257 e. The molecule has 0 spiro atoms. The predicted molar refractivity (Wildman–Crippen MR) is 108 cm³/mol. The largest absolute Gasteiger partial charge is 0.493 e. The monoisotopic (exact) mass is 427 g/mol. The average Bonchev–Trinajstić information content (AvgIpc) is 3.09. The van der Waals surface area contributed by atoms with E-state index in [9.17, 15) is 4.79 Å². The molecule has 3 aromatic carbocycles. The molecule has 26 heavy (non-hydrogen) atoms. The molecule has 130 valence electrons. The van der Waals surface area contributed by atoms with Crippen LogP contribution in [0.2, 0.25) is 5.02 Å². The van der Waals surface area contributed by atoms with Crippen molar-refractivity contribution in [2.75, 3.05) is 11.9 Å². The molecule has 1 aliphatic rings. The summed E-state index contributed by atoms with van der Waals surface area (Å²) in [5.41, 5.74) is 4.51. The zero-order chi connectivity index (χ0) is 18.1. The molecule has 0 radical (unpaired) electrons. The van der Waals surface area contributed by atoms with Gasteiger partial charge in [-0.15, -0.1) is 0 Å². The molecule has 0 saturated heterocycles. The molecule has 0 saturated carbocycles. The molecule has 0 bridgehead atoms. The van der Waals surface area contributed by atoms with Crippen molar-refractivity contribution in [3.05, 3.63) is 81.3 Å². The maximum atomic E-state index is 12.4. The van der Waals surface area contributed by atoms with Gasteiger partial charge in [0.1, 0.15) is 5.75 Å². The third-order valence-electron chi connectivity index (χ3n) is 4.35. The lowest BCUT2D eigenvalue weighted by atomic mass is 10.0. The van der Waals surface area contributed by atoms with Crippen molar-refractivity contribution in [3.63, 3.8) is 0 Å². The van der Waals surface area contributed by atoms with Crippen molar-refractivity contribution in [1.29, 1.82) is 0 Å². The molecule has 0 unspecified atom stereocenters. The number of benzene rings is 3. The first-order valence-electron chi connectivity index (χ1n) is 8.23. The minimum Gasteiger partial charge on any atom is -0.493 e. The molecule has 1 amide bonds. The summed E-state index contributed by atoms with van der Waals surface area (Å²) in [5, 5.41) is 3.31. The van der Waals surface area contributed by atoms with Crippen molar-refractivity contribution in [2.24, 2.45) is 0 Å². The summed E-state index contributed by atoms with van der Waals surface area (Å²) in [5.74, 6) is 0.717. The van der Waals surface area contributed by atoms with E-state index in [1.54, 1.807) is 24.3 Å². The molecule has 1 N–H and O–H groups in total. The average molecular weight is 429 g/mol. The first kappa shape index (κ1) is 17.1. The van der Waals surface area contributed by atoms with Gasteiger partial charge in [0, 0.05) is 16.6 Å². The van der Waals surface area contributed by atoms with E-state index >= 15 is 0 Å². The SMILES string of the molecule is O=C(Nc1ccc(-c2cc3c(cc2Br)CCO3)cc1)c1ccccc1Cl. The number of carbonyl (C=O) groups excluding carboxylic acids is 1. The lowest BCUT2D eigenvalue weighted by molar-refractivity contribution is 0.102. The highest BCUT2D eigenvalue weighted by atomic mass is 79.9. The molecule has 3 aromatic rings. The second-order valence-electron chi connectivity index (χ2n) is 6.05. The van der Waals surface area contributed by atoms with E-state index in [0.717, 1.165) is 34.4 Å². The molecular weight excluding hydrogens is 414 g/mol. The van der Waals surface area contributed by atoms with Gasteiger partial charge in [-0.2, -0.15) is 0 Å². The lowest BCUT2D eigenvalue weighted by Crippen LogP contribution is -2.12. The second-order valence-corrected chi connectivity index (χ2v) is 7.31. The normalized spacial score (nSPS) is 12.4. The van der Waals surface area contributed by atoms with Crippen LogP contribution in [0.3, 0.4) is 0 Å². The van der Waals surface area contributed by atoms with Crippen molar-refractivity contribution in [1.82, 2.24) is 0 Å². The highest BCUT2D eigenvalue weighted by Gasteiger charge is 2.16. The number of rotatable bonds is 3. The Morgan fingerprint density at radius 1 is 1.08 bits per heavy atom. The fourth-order valence-electron chi connectivity index (χ4n) is 2.99. The van der Waals surface area contributed by atoms with Crippen molar-refractivity contribution >= 4 is 39.1 Å². The standard InChI is InChI=1S/C21H15BrClNO2/c22-18-11-14-9-10-26-20(14)12-17(18)13-5-7-15(8-6-13)24-21(25)16-3-1-2-4-19(16)23/h1-8,11-12H,9-10H2,(H,24,25). The van der Waals surface area contributed by atoms with Gasteiger partial charge >= 0.3 is 0 Å². The van der Waals surface area contributed by atoms with Crippen molar-refractivity contribution < 1.29 is 9.53 Å². The summed E-state index contributed by atoms with van der Waals surface area (Å²) in [7, 11) is 0. The fourth-order valence-corrected chi connectivity index (χ4v) is 3.83. The van der Waals surface area contributed by atoms with Crippen molar-refractivity contribution in [2.45, 2.75) is 6.42 Å². The zero-order valence-corrected chi connectivity index (χ0v) is 16.1. The van der Waals surface area contributed by atoms with Crippen LogP contribution in [0.4, 0.5) is 5.69 Å². The van der Waals surface area contributed by atoms with E-state index in [4.69, 9.17) is 16.3 Å². The summed E-state index contributed by atoms with van der Waals surface area (Å²) >= 11 is 9.72. The number of fused-ring (bicyclic) bond motifs is 1. The minimum atomic E-state index is -0.226. The lowest BCUT2D eigenvalue weighted by Gasteiger charge is -2.10. The first-order valence-corrected chi connectivity index (χ1v) is 9.40. The molecular formula is C21H15BrClNO2. The molecule has 0 aliphatic carbocycles.